The van der Waals surface area contributed by atoms with Crippen LogP contribution in [0.2, 0.25) is 0 Å². The standard InChI is InChI=1S/C5H5Cl6N3/c6-4(7,8)3-1-2-14(13-12-3)5(9,10)11/h3H,1-2H2. The third kappa shape index (κ3) is 3.62. The van der Waals surface area contributed by atoms with Gasteiger partial charge in [-0.05, 0) is 6.42 Å². The first kappa shape index (κ1) is 13.2. The van der Waals surface area contributed by atoms with Gasteiger partial charge in [-0.15, -0.1) is 0 Å². The van der Waals surface area contributed by atoms with Crippen molar-refractivity contribution in [1.82, 2.24) is 5.01 Å². The molecule has 14 heavy (non-hydrogen) atoms. The lowest BCUT2D eigenvalue weighted by molar-refractivity contribution is 0.217. The Morgan fingerprint density at radius 1 is 1.07 bits per heavy atom. The predicted octanol–water partition coefficient (Wildman–Crippen LogP) is 4.13. The molecule has 1 atom stereocenters. The van der Waals surface area contributed by atoms with Gasteiger partial charge in [0.15, 0.2) is 0 Å². The fourth-order valence-electron chi connectivity index (χ4n) is 0.878. The molecule has 82 valence electrons. The zero-order valence-electron chi connectivity index (χ0n) is 6.60. The van der Waals surface area contributed by atoms with Crippen LogP contribution in [0, 0.1) is 0 Å². The summed E-state index contributed by atoms with van der Waals surface area (Å²) in [6, 6.07) is -0.504. The van der Waals surface area contributed by atoms with Crippen molar-refractivity contribution >= 4 is 69.6 Å². The Morgan fingerprint density at radius 3 is 1.93 bits per heavy atom. The fourth-order valence-corrected chi connectivity index (χ4v) is 1.69. The maximum Gasteiger partial charge on any atom is 0.284 e. The normalized spacial score (nSPS) is 24.1. The third-order valence-corrected chi connectivity index (χ3v) is 2.92. The molecule has 0 fully saturated rings. The Kier molecular flexibility index (Phi) is 4.30. The molecular weight excluding hydrogens is 315 g/mol. The second-order valence-electron chi connectivity index (χ2n) is 2.64. The van der Waals surface area contributed by atoms with Crippen LogP contribution in [-0.2, 0) is 0 Å². The van der Waals surface area contributed by atoms with Crippen LogP contribution in [0.4, 0.5) is 0 Å². The SMILES string of the molecule is ClC(Cl)(Cl)C1CCN(C(Cl)(Cl)Cl)N=N1. The second kappa shape index (κ2) is 4.56. The number of hydrogen-bond donors (Lipinski definition) is 0. The van der Waals surface area contributed by atoms with E-state index < -0.39 is 13.8 Å². The van der Waals surface area contributed by atoms with E-state index in [0.29, 0.717) is 13.0 Å². The lowest BCUT2D eigenvalue weighted by Gasteiger charge is -2.31. The molecule has 0 aromatic heterocycles. The van der Waals surface area contributed by atoms with Crippen LogP contribution in [0.5, 0.6) is 0 Å². The van der Waals surface area contributed by atoms with Gasteiger partial charge in [-0.1, -0.05) is 74.8 Å². The Labute approximate surface area is 111 Å². The molecule has 1 unspecified atom stereocenters. The van der Waals surface area contributed by atoms with Gasteiger partial charge in [0.05, 0.1) is 0 Å². The fraction of sp³-hybridized carbons (Fsp3) is 1.00. The van der Waals surface area contributed by atoms with Gasteiger partial charge in [-0.3, -0.25) is 0 Å². The van der Waals surface area contributed by atoms with Crippen molar-refractivity contribution in [3.63, 3.8) is 0 Å². The van der Waals surface area contributed by atoms with E-state index >= 15 is 0 Å². The maximum absolute atomic E-state index is 5.63. The lowest BCUT2D eigenvalue weighted by atomic mass is 10.2. The molecule has 9 heteroatoms. The van der Waals surface area contributed by atoms with Crippen LogP contribution in [0.1, 0.15) is 6.42 Å². The van der Waals surface area contributed by atoms with Crippen molar-refractivity contribution in [1.29, 1.82) is 0 Å². The van der Waals surface area contributed by atoms with Gasteiger partial charge in [0, 0.05) is 6.54 Å². The van der Waals surface area contributed by atoms with Crippen LogP contribution in [0.25, 0.3) is 0 Å². The first-order valence-electron chi connectivity index (χ1n) is 3.53. The zero-order valence-corrected chi connectivity index (χ0v) is 11.1. The molecule has 0 N–H and O–H groups in total. The van der Waals surface area contributed by atoms with Crippen molar-refractivity contribution in [2.75, 3.05) is 6.54 Å². The molecule has 0 saturated carbocycles. The summed E-state index contributed by atoms with van der Waals surface area (Å²) in [4.78, 5) is 0. The molecule has 1 heterocycles. The summed E-state index contributed by atoms with van der Waals surface area (Å²) in [6.07, 6.45) is 0.466. The summed E-state index contributed by atoms with van der Waals surface area (Å²) >= 11 is 33.6. The summed E-state index contributed by atoms with van der Waals surface area (Å²) in [6.45, 7) is 0.374. The summed E-state index contributed by atoms with van der Waals surface area (Å²) in [5.41, 5.74) is 0. The van der Waals surface area contributed by atoms with Crippen LogP contribution < -0.4 is 0 Å². The van der Waals surface area contributed by atoms with Crippen molar-refractivity contribution in [3.05, 3.63) is 0 Å². The molecule has 3 nitrogen and oxygen atoms in total. The number of nitrogens with zero attached hydrogens (tertiary/aromatic N) is 3. The molecule has 1 aliphatic heterocycles. The molecular formula is C5H5Cl6N3. The zero-order chi connectivity index (χ0) is 11.0. The molecule has 0 bridgehead atoms. The largest absolute Gasteiger partial charge is 0.284 e. The molecule has 1 rings (SSSR count). The Hall–Kier alpha value is 1.14. The first-order chi connectivity index (χ1) is 6.21. The molecule has 1 aliphatic rings. The third-order valence-electron chi connectivity index (χ3n) is 1.58. The minimum absolute atomic E-state index is 0.374. The molecule has 0 radical (unpaired) electrons. The highest BCUT2D eigenvalue weighted by molar-refractivity contribution is 6.68. The van der Waals surface area contributed by atoms with Gasteiger partial charge in [-0.2, -0.15) is 5.11 Å². The molecule has 0 aliphatic carbocycles. The van der Waals surface area contributed by atoms with Gasteiger partial charge < -0.3 is 0 Å². The number of hydrogen-bond acceptors (Lipinski definition) is 3. The first-order valence-corrected chi connectivity index (χ1v) is 5.80. The van der Waals surface area contributed by atoms with Crippen LogP contribution >= 0.6 is 69.6 Å². The summed E-state index contributed by atoms with van der Waals surface area (Å²) in [5.74, 6) is 0. The summed E-state index contributed by atoms with van der Waals surface area (Å²) in [5, 5.41) is 8.61. The van der Waals surface area contributed by atoms with Crippen LogP contribution in [0.15, 0.2) is 10.3 Å². The van der Waals surface area contributed by atoms with E-state index in [1.54, 1.807) is 0 Å². The average molecular weight is 320 g/mol. The van der Waals surface area contributed by atoms with E-state index in [9.17, 15) is 0 Å². The van der Waals surface area contributed by atoms with E-state index in [-0.39, 0.29) is 0 Å². The maximum atomic E-state index is 5.63. The van der Waals surface area contributed by atoms with E-state index in [1.807, 2.05) is 0 Å². The Balaban J connectivity index is 2.65. The molecule has 0 aromatic carbocycles. The smallest absolute Gasteiger partial charge is 0.230 e. The van der Waals surface area contributed by atoms with Crippen LogP contribution in [0.3, 0.4) is 0 Å². The van der Waals surface area contributed by atoms with Crippen LogP contribution in [-0.4, -0.2) is 25.3 Å². The highest BCUT2D eigenvalue weighted by Crippen LogP contribution is 2.39. The number of halogens is 6. The van der Waals surface area contributed by atoms with Gasteiger partial charge in [-0.25, -0.2) is 5.01 Å². The highest BCUT2D eigenvalue weighted by atomic mass is 35.6. The molecule has 0 spiro atoms. The Morgan fingerprint density at radius 2 is 1.64 bits per heavy atom. The molecule has 0 amide bonds. The minimum atomic E-state index is -1.61. The van der Waals surface area contributed by atoms with Crippen molar-refractivity contribution in [2.24, 2.45) is 10.3 Å². The van der Waals surface area contributed by atoms with Gasteiger partial charge in [0.25, 0.3) is 3.92 Å². The van der Waals surface area contributed by atoms with Gasteiger partial charge in [0.2, 0.25) is 3.79 Å². The van der Waals surface area contributed by atoms with E-state index in [1.165, 1.54) is 5.01 Å². The minimum Gasteiger partial charge on any atom is -0.230 e. The molecule has 0 saturated heterocycles. The van der Waals surface area contributed by atoms with Gasteiger partial charge in [0.1, 0.15) is 6.04 Å². The Bertz CT molecular complexity index is 207. The van der Waals surface area contributed by atoms with E-state index in [4.69, 9.17) is 69.6 Å². The highest BCUT2D eigenvalue weighted by Gasteiger charge is 2.38. The van der Waals surface area contributed by atoms with Gasteiger partial charge >= 0.3 is 0 Å². The number of alkyl halides is 6. The second-order valence-corrected chi connectivity index (χ2v) is 7.23. The topological polar surface area (TPSA) is 28.0 Å². The number of rotatable bonds is 0. The molecule has 0 aromatic rings. The monoisotopic (exact) mass is 317 g/mol. The average Bonchev–Trinajstić information content (AvgIpc) is 2.01. The summed E-state index contributed by atoms with van der Waals surface area (Å²) in [7, 11) is 0. The predicted molar refractivity (Wildman–Crippen MR) is 60.5 cm³/mol. The van der Waals surface area contributed by atoms with E-state index in [0.717, 1.165) is 0 Å². The van der Waals surface area contributed by atoms with Crippen molar-refractivity contribution < 1.29 is 0 Å². The van der Waals surface area contributed by atoms with E-state index in [2.05, 4.69) is 10.3 Å². The summed E-state index contributed by atoms with van der Waals surface area (Å²) < 4.78 is -3.08. The van der Waals surface area contributed by atoms with Crippen molar-refractivity contribution in [3.8, 4) is 0 Å². The quantitative estimate of drug-likeness (QED) is 0.487. The van der Waals surface area contributed by atoms with Crippen molar-refractivity contribution in [2.45, 2.75) is 20.2 Å². The lowest BCUT2D eigenvalue weighted by Crippen LogP contribution is -2.38.